The highest BCUT2D eigenvalue weighted by molar-refractivity contribution is 6.06. The Labute approximate surface area is 139 Å². The van der Waals surface area contributed by atoms with Gasteiger partial charge in [0.15, 0.2) is 5.78 Å². The second-order valence-electron chi connectivity index (χ2n) is 7.63. The number of ether oxygens (including phenoxy) is 2. The monoisotopic (exact) mass is 329 g/mol. The van der Waals surface area contributed by atoms with Crippen molar-refractivity contribution in [3.05, 3.63) is 22.4 Å². The van der Waals surface area contributed by atoms with Crippen molar-refractivity contribution in [3.63, 3.8) is 0 Å². The van der Waals surface area contributed by atoms with E-state index in [1.54, 1.807) is 0 Å². The summed E-state index contributed by atoms with van der Waals surface area (Å²) in [5.41, 5.74) is 1.03. The second kappa shape index (κ2) is 4.57. The van der Waals surface area contributed by atoms with Gasteiger partial charge in [0.05, 0.1) is 18.9 Å². The van der Waals surface area contributed by atoms with Gasteiger partial charge in [-0.15, -0.1) is 0 Å². The largest absolute Gasteiger partial charge is 0.493 e. The maximum absolute atomic E-state index is 13.0. The fourth-order valence-corrected chi connectivity index (χ4v) is 4.91. The van der Waals surface area contributed by atoms with Crippen LogP contribution in [-0.4, -0.2) is 35.1 Å². The van der Waals surface area contributed by atoms with Gasteiger partial charge in [-0.25, -0.2) is 9.78 Å². The molecule has 2 aliphatic heterocycles. The highest BCUT2D eigenvalue weighted by Gasteiger charge is 2.54. The topological polar surface area (TPSA) is 85.7 Å². The van der Waals surface area contributed by atoms with Gasteiger partial charge >= 0.3 is 5.97 Å². The van der Waals surface area contributed by atoms with Crippen LogP contribution >= 0.6 is 0 Å². The van der Waals surface area contributed by atoms with Crippen molar-refractivity contribution in [2.24, 2.45) is 5.41 Å². The van der Waals surface area contributed by atoms with Gasteiger partial charge in [-0.2, -0.15) is 0 Å². The van der Waals surface area contributed by atoms with Gasteiger partial charge in [0.25, 0.3) is 0 Å². The average Bonchev–Trinajstić information content (AvgIpc) is 2.79. The zero-order chi connectivity index (χ0) is 16.5. The zero-order valence-electron chi connectivity index (χ0n) is 13.4. The minimum absolute atomic E-state index is 0.0179. The summed E-state index contributed by atoms with van der Waals surface area (Å²) in [6.45, 7) is 0.950. The third kappa shape index (κ3) is 1.72. The fraction of sp³-hybridized carbons (Fsp3) is 0.611. The van der Waals surface area contributed by atoms with E-state index < -0.39 is 11.6 Å². The van der Waals surface area contributed by atoms with E-state index in [2.05, 4.69) is 4.98 Å². The van der Waals surface area contributed by atoms with Crippen molar-refractivity contribution in [2.45, 2.75) is 50.5 Å². The van der Waals surface area contributed by atoms with Gasteiger partial charge in [-0.3, -0.25) is 4.79 Å². The second-order valence-corrected chi connectivity index (χ2v) is 7.63. The Bertz CT molecular complexity index is 774. The molecule has 0 unspecified atom stereocenters. The van der Waals surface area contributed by atoms with Crippen molar-refractivity contribution >= 4 is 11.8 Å². The van der Waals surface area contributed by atoms with E-state index in [4.69, 9.17) is 9.47 Å². The molecule has 1 aromatic rings. The van der Waals surface area contributed by atoms with E-state index >= 15 is 0 Å². The third-order valence-corrected chi connectivity index (χ3v) is 6.27. The standard InChI is InChI=1S/C18H19NO5/c20-11-9-17(2-1-3-17)8-10-12(11)14-13(15(21)19-10)16(22)24-18(14)4-6-23-7-5-18/h1-9H2,(H,19,21). The van der Waals surface area contributed by atoms with Crippen LogP contribution < -0.4 is 0 Å². The van der Waals surface area contributed by atoms with Crippen molar-refractivity contribution in [2.75, 3.05) is 13.2 Å². The summed E-state index contributed by atoms with van der Waals surface area (Å²) in [5.74, 6) is -0.818. The molecule has 1 N–H and O–H groups in total. The predicted octanol–water partition coefficient (Wildman–Crippen LogP) is 2.26. The number of rotatable bonds is 0. The minimum atomic E-state index is -0.838. The predicted molar refractivity (Wildman–Crippen MR) is 82.0 cm³/mol. The first-order valence-corrected chi connectivity index (χ1v) is 8.64. The Morgan fingerprint density at radius 1 is 1.00 bits per heavy atom. The van der Waals surface area contributed by atoms with E-state index in [1.165, 1.54) is 0 Å². The Morgan fingerprint density at radius 3 is 2.42 bits per heavy atom. The van der Waals surface area contributed by atoms with Crippen LogP contribution in [0.15, 0.2) is 0 Å². The quantitative estimate of drug-likeness (QED) is 0.735. The minimum Gasteiger partial charge on any atom is -0.493 e. The van der Waals surface area contributed by atoms with Crippen LogP contribution in [0.2, 0.25) is 0 Å². The van der Waals surface area contributed by atoms with Gasteiger partial charge in [-0.05, 0) is 24.7 Å². The maximum atomic E-state index is 13.0. The number of nitrogens with zero attached hydrogens (tertiary/aromatic N) is 1. The molecule has 1 saturated heterocycles. The van der Waals surface area contributed by atoms with Gasteiger partial charge in [0, 0.05) is 30.4 Å². The molecule has 1 saturated carbocycles. The lowest BCUT2D eigenvalue weighted by Gasteiger charge is -2.45. The molecule has 0 atom stereocenters. The lowest BCUT2D eigenvalue weighted by molar-refractivity contribution is -0.0738. The molecule has 6 heteroatoms. The average molecular weight is 329 g/mol. The van der Waals surface area contributed by atoms with Crippen LogP contribution in [0.1, 0.15) is 70.5 Å². The van der Waals surface area contributed by atoms with E-state index in [0.717, 1.165) is 19.3 Å². The molecule has 24 heavy (non-hydrogen) atoms. The number of hydrogen-bond donors (Lipinski definition) is 1. The summed E-state index contributed by atoms with van der Waals surface area (Å²) in [5, 5.41) is 10.4. The van der Waals surface area contributed by atoms with E-state index in [-0.39, 0.29) is 22.6 Å². The van der Waals surface area contributed by atoms with Crippen LogP contribution in [0.5, 0.6) is 5.88 Å². The molecular formula is C18H19NO5. The normalized spacial score (nSPS) is 26.0. The van der Waals surface area contributed by atoms with Gasteiger partial charge < -0.3 is 14.6 Å². The molecular weight excluding hydrogens is 310 g/mol. The molecule has 4 aliphatic rings. The summed E-state index contributed by atoms with van der Waals surface area (Å²) in [4.78, 5) is 29.6. The lowest BCUT2D eigenvalue weighted by atomic mass is 9.59. The molecule has 1 aromatic heterocycles. The Morgan fingerprint density at radius 2 is 1.75 bits per heavy atom. The first-order chi connectivity index (χ1) is 11.5. The molecule has 2 fully saturated rings. The molecule has 2 aliphatic carbocycles. The Kier molecular flexibility index (Phi) is 2.74. The molecule has 0 amide bonds. The first kappa shape index (κ1) is 14.4. The third-order valence-electron chi connectivity index (χ3n) is 6.27. The fourth-order valence-electron chi connectivity index (χ4n) is 4.91. The summed E-state index contributed by atoms with van der Waals surface area (Å²) in [7, 11) is 0. The van der Waals surface area contributed by atoms with E-state index in [9.17, 15) is 14.7 Å². The van der Waals surface area contributed by atoms with Crippen molar-refractivity contribution in [1.82, 2.24) is 4.98 Å². The number of Topliss-reactive ketones (excluding diaryl/α,β-unsaturated/α-hetero) is 1. The molecule has 126 valence electrons. The Balaban J connectivity index is 1.73. The number of esters is 1. The van der Waals surface area contributed by atoms with Crippen LogP contribution in [-0.2, 0) is 21.5 Å². The lowest BCUT2D eigenvalue weighted by Crippen LogP contribution is -2.41. The number of aromatic nitrogens is 1. The van der Waals surface area contributed by atoms with Crippen LogP contribution in [0.4, 0.5) is 0 Å². The van der Waals surface area contributed by atoms with E-state index in [0.29, 0.717) is 55.7 Å². The number of pyridine rings is 1. The number of ketones is 1. The summed E-state index contributed by atoms with van der Waals surface area (Å²) in [6, 6.07) is 0. The van der Waals surface area contributed by atoms with E-state index in [1.807, 2.05) is 0 Å². The molecule has 0 radical (unpaired) electrons. The summed E-state index contributed by atoms with van der Waals surface area (Å²) >= 11 is 0. The van der Waals surface area contributed by atoms with Crippen molar-refractivity contribution in [1.29, 1.82) is 0 Å². The SMILES string of the molecule is O=C1OC2(CCOCC2)c2c1c(O)nc1c2C(=O)CC2(CCC2)C1. The van der Waals surface area contributed by atoms with Crippen LogP contribution in [0, 0.1) is 5.41 Å². The highest BCUT2D eigenvalue weighted by atomic mass is 16.6. The molecule has 6 nitrogen and oxygen atoms in total. The molecule has 0 bridgehead atoms. The van der Waals surface area contributed by atoms with Crippen LogP contribution in [0.25, 0.3) is 0 Å². The summed E-state index contributed by atoms with van der Waals surface area (Å²) in [6.07, 6.45) is 5.45. The molecule has 2 spiro atoms. The van der Waals surface area contributed by atoms with Gasteiger partial charge in [0.2, 0.25) is 5.88 Å². The number of fused-ring (bicyclic) bond motifs is 4. The van der Waals surface area contributed by atoms with Gasteiger partial charge in [-0.1, -0.05) is 6.42 Å². The zero-order valence-corrected chi connectivity index (χ0v) is 13.4. The molecule has 3 heterocycles. The number of aromatic hydroxyl groups is 1. The van der Waals surface area contributed by atoms with Crippen molar-refractivity contribution < 1.29 is 24.2 Å². The highest BCUT2D eigenvalue weighted by Crippen LogP contribution is 2.54. The summed E-state index contributed by atoms with van der Waals surface area (Å²) < 4.78 is 11.1. The maximum Gasteiger partial charge on any atom is 0.345 e. The molecule has 0 aromatic carbocycles. The number of carbonyl (C=O) groups is 2. The number of hydrogen-bond acceptors (Lipinski definition) is 6. The number of carbonyl (C=O) groups excluding carboxylic acids is 2. The van der Waals surface area contributed by atoms with Crippen molar-refractivity contribution in [3.8, 4) is 5.88 Å². The Hall–Kier alpha value is -1.95. The molecule has 5 rings (SSSR count). The first-order valence-electron chi connectivity index (χ1n) is 8.64. The van der Waals surface area contributed by atoms with Gasteiger partial charge in [0.1, 0.15) is 11.2 Å². The smallest absolute Gasteiger partial charge is 0.345 e. The van der Waals surface area contributed by atoms with Crippen LogP contribution in [0.3, 0.4) is 0 Å².